The predicted molar refractivity (Wildman–Crippen MR) is 79.4 cm³/mol. The maximum Gasteiger partial charge on any atom is 0.240 e. The third kappa shape index (κ3) is 4.19. The molecule has 6 heteroatoms. The van der Waals surface area contributed by atoms with Crippen molar-refractivity contribution in [3.63, 3.8) is 0 Å². The van der Waals surface area contributed by atoms with Gasteiger partial charge < -0.3 is 10.1 Å². The number of anilines is 1. The van der Waals surface area contributed by atoms with Crippen LogP contribution in [0.3, 0.4) is 0 Å². The number of hydrogen-bond donors (Lipinski definition) is 2. The maximum absolute atomic E-state index is 11.9. The Morgan fingerprint density at radius 3 is 2.65 bits per heavy atom. The van der Waals surface area contributed by atoms with Crippen LogP contribution in [0, 0.1) is 0 Å². The van der Waals surface area contributed by atoms with Crippen molar-refractivity contribution in [2.75, 3.05) is 25.1 Å². The summed E-state index contributed by atoms with van der Waals surface area (Å²) < 4.78 is 31.8. The van der Waals surface area contributed by atoms with Crippen molar-refractivity contribution < 1.29 is 13.2 Å². The minimum atomic E-state index is -3.37. The summed E-state index contributed by atoms with van der Waals surface area (Å²) in [6.07, 6.45) is 2.92. The fraction of sp³-hybridized carbons (Fsp3) is 0.571. The van der Waals surface area contributed by atoms with Gasteiger partial charge in [-0.2, -0.15) is 0 Å². The van der Waals surface area contributed by atoms with E-state index in [4.69, 9.17) is 4.74 Å². The van der Waals surface area contributed by atoms with Gasteiger partial charge in [-0.15, -0.1) is 0 Å². The lowest BCUT2D eigenvalue weighted by molar-refractivity contribution is 0.0876. The van der Waals surface area contributed by atoms with E-state index in [2.05, 4.69) is 10.0 Å². The highest BCUT2D eigenvalue weighted by molar-refractivity contribution is 7.89. The number of hydrogen-bond acceptors (Lipinski definition) is 4. The topological polar surface area (TPSA) is 67.4 Å². The van der Waals surface area contributed by atoms with Crippen molar-refractivity contribution in [1.29, 1.82) is 0 Å². The molecular weight excluding hydrogens is 276 g/mol. The largest absolute Gasteiger partial charge is 0.380 e. The van der Waals surface area contributed by atoms with Gasteiger partial charge in [-0.3, -0.25) is 0 Å². The second kappa shape index (κ2) is 7.06. The first-order chi connectivity index (χ1) is 9.62. The van der Waals surface area contributed by atoms with E-state index in [0.717, 1.165) is 31.6 Å². The van der Waals surface area contributed by atoms with Gasteiger partial charge in [-0.05, 0) is 43.5 Å². The molecule has 0 aromatic heterocycles. The monoisotopic (exact) mass is 298 g/mol. The molecule has 1 heterocycles. The molecule has 0 amide bonds. The van der Waals surface area contributed by atoms with Crippen molar-refractivity contribution in [3.8, 4) is 0 Å². The molecular formula is C14H22N2O3S. The van der Waals surface area contributed by atoms with E-state index in [1.807, 2.05) is 6.92 Å². The summed E-state index contributed by atoms with van der Waals surface area (Å²) in [6, 6.07) is 7.17. The smallest absolute Gasteiger partial charge is 0.240 e. The minimum absolute atomic E-state index is 0.302. The van der Waals surface area contributed by atoms with Crippen molar-refractivity contribution in [3.05, 3.63) is 24.3 Å². The Hall–Kier alpha value is -1.11. The van der Waals surface area contributed by atoms with Crippen LogP contribution in [0.15, 0.2) is 29.2 Å². The number of rotatable bonds is 6. The molecule has 1 aliphatic rings. The van der Waals surface area contributed by atoms with Gasteiger partial charge in [0.2, 0.25) is 10.0 Å². The lowest BCUT2D eigenvalue weighted by Gasteiger charge is -2.24. The van der Waals surface area contributed by atoms with Gasteiger partial charge in [0.25, 0.3) is 0 Å². The Morgan fingerprint density at radius 2 is 2.05 bits per heavy atom. The molecule has 2 rings (SSSR count). The van der Waals surface area contributed by atoms with Gasteiger partial charge in [-0.25, -0.2) is 13.1 Å². The van der Waals surface area contributed by atoms with E-state index in [1.54, 1.807) is 24.3 Å². The molecule has 1 atom stereocenters. The number of benzene rings is 1. The molecule has 20 heavy (non-hydrogen) atoms. The Morgan fingerprint density at radius 1 is 1.30 bits per heavy atom. The Kier molecular flexibility index (Phi) is 5.39. The normalized spacial score (nSPS) is 19.8. The summed E-state index contributed by atoms with van der Waals surface area (Å²) in [6.45, 7) is 3.93. The lowest BCUT2D eigenvalue weighted by atomic mass is 10.1. The first-order valence-corrected chi connectivity index (χ1v) is 8.54. The highest BCUT2D eigenvalue weighted by Gasteiger charge is 2.15. The van der Waals surface area contributed by atoms with Crippen LogP contribution >= 0.6 is 0 Å². The van der Waals surface area contributed by atoms with Gasteiger partial charge in [0.1, 0.15) is 0 Å². The quantitative estimate of drug-likeness (QED) is 0.842. The van der Waals surface area contributed by atoms with Gasteiger partial charge in [0, 0.05) is 24.9 Å². The van der Waals surface area contributed by atoms with E-state index >= 15 is 0 Å². The first-order valence-electron chi connectivity index (χ1n) is 7.06. The van der Waals surface area contributed by atoms with E-state index in [1.165, 1.54) is 0 Å². The fourth-order valence-corrected chi connectivity index (χ4v) is 3.27. The van der Waals surface area contributed by atoms with Crippen LogP contribution in [0.4, 0.5) is 5.69 Å². The van der Waals surface area contributed by atoms with Gasteiger partial charge in [0.05, 0.1) is 11.5 Å². The third-order valence-corrected chi connectivity index (χ3v) is 4.71. The van der Waals surface area contributed by atoms with Gasteiger partial charge >= 0.3 is 0 Å². The first kappa shape index (κ1) is 15.3. The molecule has 1 fully saturated rings. The summed E-state index contributed by atoms with van der Waals surface area (Å²) >= 11 is 0. The van der Waals surface area contributed by atoms with Crippen LogP contribution in [0.1, 0.15) is 26.2 Å². The standard InChI is InChI=1S/C14H22N2O3S/c1-2-9-15-20(17,18)14-7-5-12(6-8-14)16-13-4-3-10-19-11-13/h5-8,13,15-16H,2-4,9-11H2,1H3. The third-order valence-electron chi connectivity index (χ3n) is 3.24. The average Bonchev–Trinajstić information content (AvgIpc) is 2.47. The molecule has 1 aromatic carbocycles. The molecule has 2 N–H and O–H groups in total. The average molecular weight is 298 g/mol. The summed E-state index contributed by atoms with van der Waals surface area (Å²) in [4.78, 5) is 0.302. The van der Waals surface area contributed by atoms with Gasteiger partial charge in [-0.1, -0.05) is 6.92 Å². The number of nitrogens with one attached hydrogen (secondary N) is 2. The minimum Gasteiger partial charge on any atom is -0.380 e. The highest BCUT2D eigenvalue weighted by atomic mass is 32.2. The fourth-order valence-electron chi connectivity index (χ4n) is 2.14. The SMILES string of the molecule is CCCNS(=O)(=O)c1ccc(NC2CCCOC2)cc1. The second-order valence-corrected chi connectivity index (χ2v) is 6.75. The molecule has 0 spiro atoms. The zero-order valence-corrected chi connectivity index (χ0v) is 12.6. The molecule has 0 aliphatic carbocycles. The van der Waals surface area contributed by atoms with Crippen LogP contribution < -0.4 is 10.0 Å². The summed E-state index contributed by atoms with van der Waals surface area (Å²) in [5.41, 5.74) is 0.926. The van der Waals surface area contributed by atoms with Crippen LogP contribution in [0.2, 0.25) is 0 Å². The summed E-state index contributed by atoms with van der Waals surface area (Å²) in [7, 11) is -3.37. The number of ether oxygens (including phenoxy) is 1. The number of sulfonamides is 1. The molecule has 1 aromatic rings. The van der Waals surface area contributed by atoms with Crippen molar-refractivity contribution in [1.82, 2.24) is 4.72 Å². The molecule has 0 radical (unpaired) electrons. The molecule has 112 valence electrons. The van der Waals surface area contributed by atoms with Crippen molar-refractivity contribution in [2.45, 2.75) is 37.1 Å². The zero-order valence-electron chi connectivity index (χ0n) is 11.8. The van der Waals surface area contributed by atoms with Crippen molar-refractivity contribution in [2.24, 2.45) is 0 Å². The van der Waals surface area contributed by atoms with E-state index in [0.29, 0.717) is 24.1 Å². The molecule has 5 nitrogen and oxygen atoms in total. The Labute approximate surface area is 120 Å². The zero-order chi connectivity index (χ0) is 14.4. The van der Waals surface area contributed by atoms with E-state index in [-0.39, 0.29) is 0 Å². The lowest BCUT2D eigenvalue weighted by Crippen LogP contribution is -2.30. The molecule has 0 saturated carbocycles. The molecule has 0 bridgehead atoms. The molecule has 1 aliphatic heterocycles. The van der Waals surface area contributed by atoms with Crippen LogP contribution in [0.5, 0.6) is 0 Å². The summed E-state index contributed by atoms with van der Waals surface area (Å²) in [5, 5.41) is 3.36. The highest BCUT2D eigenvalue weighted by Crippen LogP contribution is 2.17. The van der Waals surface area contributed by atoms with Crippen molar-refractivity contribution >= 4 is 15.7 Å². The Bertz CT molecular complexity index is 508. The van der Waals surface area contributed by atoms with E-state index < -0.39 is 10.0 Å². The second-order valence-electron chi connectivity index (χ2n) is 4.98. The Balaban J connectivity index is 1.98. The van der Waals surface area contributed by atoms with Gasteiger partial charge in [0.15, 0.2) is 0 Å². The maximum atomic E-state index is 11.9. The summed E-state index contributed by atoms with van der Waals surface area (Å²) in [5.74, 6) is 0. The van der Waals surface area contributed by atoms with Crippen LogP contribution in [-0.4, -0.2) is 34.2 Å². The predicted octanol–water partition coefficient (Wildman–Crippen LogP) is 1.97. The molecule has 1 unspecified atom stereocenters. The van der Waals surface area contributed by atoms with Crippen LogP contribution in [0.25, 0.3) is 0 Å². The van der Waals surface area contributed by atoms with E-state index in [9.17, 15) is 8.42 Å². The molecule has 1 saturated heterocycles. The van der Waals surface area contributed by atoms with Crippen LogP contribution in [-0.2, 0) is 14.8 Å².